The number of carboxylic acids is 2. The molecule has 0 aromatic rings. The fourth-order valence-corrected chi connectivity index (χ4v) is 7.94. The summed E-state index contributed by atoms with van der Waals surface area (Å²) >= 11 is 0. The van der Waals surface area contributed by atoms with E-state index in [1.54, 1.807) is 0 Å². The molecule has 9 nitrogen and oxygen atoms in total. The topological polar surface area (TPSA) is 146 Å². The molecule has 9 atom stereocenters. The lowest BCUT2D eigenvalue weighted by atomic mass is 9.44. The van der Waals surface area contributed by atoms with E-state index < -0.39 is 18.1 Å². The number of nitrogens with zero attached hydrogens (tertiary/aromatic N) is 1. The third kappa shape index (κ3) is 5.46. The van der Waals surface area contributed by atoms with Gasteiger partial charge in [0.15, 0.2) is 0 Å². The Morgan fingerprint density at radius 1 is 1.05 bits per heavy atom. The number of aliphatic hydroxyl groups excluding tert-OH is 1. The van der Waals surface area contributed by atoms with Crippen molar-refractivity contribution in [2.45, 2.75) is 83.6 Å². The number of ketones is 1. The van der Waals surface area contributed by atoms with Gasteiger partial charge >= 0.3 is 11.9 Å². The molecule has 5 rings (SSSR count). The monoisotopic (exact) mass is 522 g/mol. The summed E-state index contributed by atoms with van der Waals surface area (Å²) in [5.74, 6) is -1.32. The molecule has 4 N–H and O–H groups in total. The molecule has 0 bridgehead atoms. The number of halogens is 1. The summed E-state index contributed by atoms with van der Waals surface area (Å²) in [7, 11) is 0. The molecule has 5 aliphatic rings. The van der Waals surface area contributed by atoms with E-state index in [0.717, 1.165) is 45.2 Å². The normalized spacial score (nSPS) is 43.9. The number of oxime groups is 1. The van der Waals surface area contributed by atoms with Crippen LogP contribution in [0.4, 0.5) is 4.39 Å². The second kappa shape index (κ2) is 10.8. The number of hydrogen-bond donors (Lipinski definition) is 4. The van der Waals surface area contributed by atoms with Crippen LogP contribution in [-0.4, -0.2) is 70.2 Å². The summed E-state index contributed by atoms with van der Waals surface area (Å²) in [6.07, 6.45) is 5.85. The van der Waals surface area contributed by atoms with Gasteiger partial charge in [-0.2, -0.15) is 0 Å². The first kappa shape index (κ1) is 27.7. The van der Waals surface area contributed by atoms with E-state index in [1.165, 1.54) is 0 Å². The highest BCUT2D eigenvalue weighted by Gasteiger charge is 2.63. The maximum Gasteiger partial charge on any atom is 0.328 e. The van der Waals surface area contributed by atoms with Gasteiger partial charge in [-0.25, -0.2) is 14.0 Å². The van der Waals surface area contributed by atoms with Crippen molar-refractivity contribution in [3.05, 3.63) is 12.2 Å². The predicted molar refractivity (Wildman–Crippen MR) is 133 cm³/mol. The van der Waals surface area contributed by atoms with E-state index in [1.807, 2.05) is 0 Å². The highest BCUT2D eigenvalue weighted by atomic mass is 19.1. The van der Waals surface area contributed by atoms with Crippen molar-refractivity contribution in [3.8, 4) is 0 Å². The first-order valence-corrected chi connectivity index (χ1v) is 13.4. The number of carbonyl (C=O) groups is 3. The third-order valence-corrected chi connectivity index (χ3v) is 9.95. The number of alkyl halides is 1. The Hall–Kier alpha value is -2.33. The van der Waals surface area contributed by atoms with Crippen LogP contribution >= 0.6 is 0 Å². The van der Waals surface area contributed by atoms with Gasteiger partial charge in [-0.05, 0) is 67.2 Å². The summed E-state index contributed by atoms with van der Waals surface area (Å²) in [6.45, 7) is 6.03. The molecule has 0 spiro atoms. The number of nitrogens with one attached hydrogen (secondary N) is 1. The quantitative estimate of drug-likeness (QED) is 0.326. The van der Waals surface area contributed by atoms with E-state index in [-0.39, 0.29) is 34.7 Å². The zero-order valence-corrected chi connectivity index (χ0v) is 21.6. The molecule has 1 aliphatic heterocycles. The molecular weight excluding hydrogens is 483 g/mol. The Morgan fingerprint density at radius 2 is 1.73 bits per heavy atom. The Kier molecular flexibility index (Phi) is 8.09. The molecule has 5 fully saturated rings. The molecule has 0 aromatic heterocycles. The molecule has 0 radical (unpaired) electrons. The smallest absolute Gasteiger partial charge is 0.328 e. The first-order valence-electron chi connectivity index (χ1n) is 13.4. The number of hydrogen-bond acceptors (Lipinski definition) is 7. The average molecular weight is 523 g/mol. The van der Waals surface area contributed by atoms with Crippen LogP contribution in [0.15, 0.2) is 17.3 Å². The van der Waals surface area contributed by atoms with Crippen molar-refractivity contribution >= 4 is 23.4 Å². The number of aliphatic hydroxyl groups is 1. The maximum atomic E-state index is 15.3. The Bertz CT molecular complexity index is 948. The molecule has 4 saturated carbocycles. The van der Waals surface area contributed by atoms with E-state index >= 15 is 4.39 Å². The molecule has 0 aromatic carbocycles. The van der Waals surface area contributed by atoms with E-state index in [2.05, 4.69) is 24.3 Å². The lowest BCUT2D eigenvalue weighted by Gasteiger charge is -2.59. The number of carbonyl (C=O) groups excluding carboxylic acids is 1. The zero-order valence-electron chi connectivity index (χ0n) is 21.6. The summed E-state index contributed by atoms with van der Waals surface area (Å²) in [5, 5.41) is 33.6. The Labute approximate surface area is 216 Å². The van der Waals surface area contributed by atoms with Gasteiger partial charge in [0.1, 0.15) is 18.1 Å². The molecule has 4 aliphatic carbocycles. The van der Waals surface area contributed by atoms with Gasteiger partial charge in [0.2, 0.25) is 0 Å². The van der Waals surface area contributed by atoms with Gasteiger partial charge in [-0.15, -0.1) is 0 Å². The van der Waals surface area contributed by atoms with E-state index in [9.17, 15) is 19.5 Å². The molecule has 1 unspecified atom stereocenters. The van der Waals surface area contributed by atoms with Crippen molar-refractivity contribution in [3.63, 3.8) is 0 Å². The van der Waals surface area contributed by atoms with E-state index in [4.69, 9.17) is 15.1 Å². The van der Waals surface area contributed by atoms with Gasteiger partial charge < -0.3 is 25.5 Å². The van der Waals surface area contributed by atoms with E-state index in [0.29, 0.717) is 54.9 Å². The number of fused-ring (bicyclic) bond motifs is 5. The van der Waals surface area contributed by atoms with Gasteiger partial charge in [0.05, 0.1) is 11.8 Å². The summed E-state index contributed by atoms with van der Waals surface area (Å²) < 4.78 is 15.3. The number of rotatable bonds is 4. The van der Waals surface area contributed by atoms with Gasteiger partial charge in [0, 0.05) is 43.9 Å². The minimum atomic E-state index is -1.26. The van der Waals surface area contributed by atoms with Gasteiger partial charge in [-0.1, -0.05) is 19.0 Å². The fraction of sp³-hybridized carbons (Fsp3) is 0.778. The van der Waals surface area contributed by atoms with Gasteiger partial charge in [-0.3, -0.25) is 4.79 Å². The number of Topliss-reactive ketones (excluding diaryl/α,β-unsaturated/α-hetero) is 1. The molecule has 0 amide bonds. The van der Waals surface area contributed by atoms with Crippen LogP contribution in [0, 0.1) is 34.5 Å². The molecule has 10 heteroatoms. The third-order valence-electron chi connectivity index (χ3n) is 9.95. The van der Waals surface area contributed by atoms with Crippen LogP contribution in [0.1, 0.15) is 65.2 Å². The van der Waals surface area contributed by atoms with Crippen molar-refractivity contribution in [1.29, 1.82) is 0 Å². The second-order valence-electron chi connectivity index (χ2n) is 11.9. The van der Waals surface area contributed by atoms with Crippen molar-refractivity contribution in [1.82, 2.24) is 5.32 Å². The Balaban J connectivity index is 0.000000349. The first-order chi connectivity index (χ1) is 17.5. The minimum absolute atomic E-state index is 0.0132. The predicted octanol–water partition coefficient (Wildman–Crippen LogP) is 2.96. The molecule has 1 heterocycles. The zero-order chi connectivity index (χ0) is 27.0. The minimum Gasteiger partial charge on any atom is -0.478 e. The molecular formula is C27H39FN2O7. The van der Waals surface area contributed by atoms with Crippen molar-refractivity contribution < 1.29 is 38.9 Å². The highest BCUT2D eigenvalue weighted by Crippen LogP contribution is 2.65. The maximum absolute atomic E-state index is 15.3. The number of aliphatic carboxylic acids is 2. The number of carboxylic acid groups (broad SMARTS) is 2. The van der Waals surface area contributed by atoms with Gasteiger partial charge in [0.25, 0.3) is 0 Å². The lowest BCUT2D eigenvalue weighted by molar-refractivity contribution is -0.154. The van der Waals surface area contributed by atoms with Crippen LogP contribution in [0.25, 0.3) is 0 Å². The van der Waals surface area contributed by atoms with Crippen molar-refractivity contribution in [2.75, 3.05) is 13.1 Å². The molecule has 1 saturated heterocycles. The fourth-order valence-electron chi connectivity index (χ4n) is 7.94. The average Bonchev–Trinajstić information content (AvgIpc) is 3.45. The standard InChI is InChI=1S/C23H35FN2O3.C4H4O4/c1-22-7-5-16-14(15(22)3-4-21(22)28)9-20(27)17-10-19(18(24)11-23(16,17)2)26-29-13-6-8-25-12-13;5-3(6)1-2-4(7)8/h13-18,21,25,28H,3-12H2,1-2H3;1-2H,(H,5,6)(H,7,8)/b26-19+;2-1+/t13-,14+,15+,16+,17?,18-,21+,22+,23-;/m1./s1. The summed E-state index contributed by atoms with van der Waals surface area (Å²) in [5.41, 5.74) is 0.0648. The van der Waals surface area contributed by atoms with Crippen LogP contribution in [-0.2, 0) is 19.2 Å². The van der Waals surface area contributed by atoms with Crippen LogP contribution in [0.5, 0.6) is 0 Å². The highest BCUT2D eigenvalue weighted by molar-refractivity contribution is 5.95. The largest absolute Gasteiger partial charge is 0.478 e. The SMILES string of the molecule is C[C@]12CC[C@H]3[C@@H](CC(=O)C4C/C(=N\O[C@@H]5CCNC5)[C@H](F)C[C@@]43C)[C@@H]1CC[C@@H]2O.O=C(O)/C=C/C(=O)O. The van der Waals surface area contributed by atoms with Crippen LogP contribution in [0.2, 0.25) is 0 Å². The van der Waals surface area contributed by atoms with Crippen molar-refractivity contribution in [2.24, 2.45) is 39.7 Å². The summed E-state index contributed by atoms with van der Waals surface area (Å²) in [4.78, 5) is 38.0. The van der Waals surface area contributed by atoms with Crippen LogP contribution in [0.3, 0.4) is 0 Å². The van der Waals surface area contributed by atoms with Crippen LogP contribution < -0.4 is 5.32 Å². The Morgan fingerprint density at radius 3 is 2.35 bits per heavy atom. The lowest BCUT2D eigenvalue weighted by Crippen LogP contribution is -2.58. The molecule has 37 heavy (non-hydrogen) atoms. The molecule has 206 valence electrons. The summed E-state index contributed by atoms with van der Waals surface area (Å²) in [6, 6.07) is 0. The second-order valence-corrected chi connectivity index (χ2v) is 11.9.